The molecule has 5 heteroatoms. The molecule has 0 spiro atoms. The molecule has 0 atom stereocenters. The van der Waals surface area contributed by atoms with E-state index in [1.54, 1.807) is 12.0 Å². The lowest BCUT2D eigenvalue weighted by molar-refractivity contribution is -0.117. The zero-order valence-electron chi connectivity index (χ0n) is 9.00. The first-order chi connectivity index (χ1) is 7.72. The van der Waals surface area contributed by atoms with Gasteiger partial charge >= 0.3 is 0 Å². The van der Waals surface area contributed by atoms with Crippen LogP contribution in [-0.2, 0) is 9.53 Å². The molecule has 2 rings (SSSR count). The second-order valence-electron chi connectivity index (χ2n) is 3.55. The van der Waals surface area contributed by atoms with Crippen molar-refractivity contribution >= 4 is 33.2 Å². The fourth-order valence-electron chi connectivity index (χ4n) is 1.71. The van der Waals surface area contributed by atoms with Crippen LogP contribution in [0.3, 0.4) is 0 Å². The van der Waals surface area contributed by atoms with E-state index in [9.17, 15) is 4.79 Å². The lowest BCUT2D eigenvalue weighted by Gasteiger charge is -2.30. The van der Waals surface area contributed by atoms with Gasteiger partial charge in [0.05, 0.1) is 24.5 Å². The number of ether oxygens (including phenoxy) is 1. The minimum atomic E-state index is 0.0758. The number of hydrogen-bond donors (Lipinski definition) is 1. The third kappa shape index (κ3) is 2.20. The Morgan fingerprint density at radius 2 is 2.38 bits per heavy atom. The Morgan fingerprint density at radius 1 is 1.56 bits per heavy atom. The number of carbonyl (C=O) groups is 1. The van der Waals surface area contributed by atoms with E-state index in [0.29, 0.717) is 19.7 Å². The Morgan fingerprint density at radius 3 is 3.12 bits per heavy atom. The monoisotopic (exact) mass is 284 g/mol. The predicted octanol–water partition coefficient (Wildman–Crippen LogP) is 1.85. The van der Waals surface area contributed by atoms with E-state index in [-0.39, 0.29) is 5.91 Å². The van der Waals surface area contributed by atoms with E-state index in [4.69, 9.17) is 4.74 Å². The number of benzene rings is 1. The highest BCUT2D eigenvalue weighted by Crippen LogP contribution is 2.31. The molecule has 1 amide bonds. The summed E-state index contributed by atoms with van der Waals surface area (Å²) in [6.07, 6.45) is 0. The van der Waals surface area contributed by atoms with Gasteiger partial charge in [0.2, 0.25) is 5.91 Å². The normalized spacial score (nSPS) is 14.6. The van der Waals surface area contributed by atoms with Crippen molar-refractivity contribution in [2.75, 3.05) is 37.0 Å². The summed E-state index contributed by atoms with van der Waals surface area (Å²) in [7, 11) is 1.63. The van der Waals surface area contributed by atoms with Crippen LogP contribution in [0.4, 0.5) is 11.4 Å². The maximum absolute atomic E-state index is 11.7. The molecule has 0 aromatic heterocycles. The number of halogens is 1. The summed E-state index contributed by atoms with van der Waals surface area (Å²) in [5.74, 6) is 0.0758. The van der Waals surface area contributed by atoms with Crippen molar-refractivity contribution in [3.63, 3.8) is 0 Å². The van der Waals surface area contributed by atoms with Crippen molar-refractivity contribution in [3.05, 3.63) is 22.7 Å². The quantitative estimate of drug-likeness (QED) is 0.921. The first-order valence-corrected chi connectivity index (χ1v) is 5.84. The van der Waals surface area contributed by atoms with Gasteiger partial charge in [-0.1, -0.05) is 15.9 Å². The number of hydrogen-bond acceptors (Lipinski definition) is 3. The van der Waals surface area contributed by atoms with Gasteiger partial charge < -0.3 is 15.0 Å². The molecular weight excluding hydrogens is 272 g/mol. The van der Waals surface area contributed by atoms with Crippen LogP contribution in [-0.4, -0.2) is 32.7 Å². The number of rotatable bonds is 3. The van der Waals surface area contributed by atoms with Crippen molar-refractivity contribution in [1.29, 1.82) is 0 Å². The molecule has 1 aliphatic rings. The third-order valence-electron chi connectivity index (χ3n) is 2.50. The Kier molecular flexibility index (Phi) is 3.46. The van der Waals surface area contributed by atoms with Crippen LogP contribution in [0, 0.1) is 0 Å². The highest BCUT2D eigenvalue weighted by molar-refractivity contribution is 9.10. The molecule has 0 fully saturated rings. The highest BCUT2D eigenvalue weighted by atomic mass is 79.9. The van der Waals surface area contributed by atoms with E-state index in [2.05, 4.69) is 21.2 Å². The van der Waals surface area contributed by atoms with Gasteiger partial charge in [-0.25, -0.2) is 0 Å². The molecule has 86 valence electrons. The van der Waals surface area contributed by atoms with Crippen LogP contribution in [0.1, 0.15) is 0 Å². The van der Waals surface area contributed by atoms with E-state index in [1.807, 2.05) is 18.2 Å². The zero-order valence-corrected chi connectivity index (χ0v) is 10.6. The summed E-state index contributed by atoms with van der Waals surface area (Å²) in [5.41, 5.74) is 1.89. The maximum atomic E-state index is 11.7. The van der Waals surface area contributed by atoms with Crippen LogP contribution < -0.4 is 10.2 Å². The molecule has 0 radical (unpaired) electrons. The molecule has 1 heterocycles. The molecule has 0 bridgehead atoms. The molecule has 1 aromatic carbocycles. The van der Waals surface area contributed by atoms with Crippen LogP contribution >= 0.6 is 15.9 Å². The minimum Gasteiger partial charge on any atom is -0.383 e. The molecule has 0 saturated carbocycles. The summed E-state index contributed by atoms with van der Waals surface area (Å²) in [6.45, 7) is 1.47. The van der Waals surface area contributed by atoms with Gasteiger partial charge in [-0.05, 0) is 18.2 Å². The van der Waals surface area contributed by atoms with E-state index < -0.39 is 0 Å². The van der Waals surface area contributed by atoms with Crippen molar-refractivity contribution in [2.45, 2.75) is 0 Å². The van der Waals surface area contributed by atoms with E-state index in [0.717, 1.165) is 15.8 Å². The molecule has 0 saturated heterocycles. The van der Waals surface area contributed by atoms with E-state index >= 15 is 0 Å². The molecule has 1 aliphatic heterocycles. The fourth-order valence-corrected chi connectivity index (χ4v) is 2.07. The first kappa shape index (κ1) is 11.4. The Bertz CT molecular complexity index is 409. The number of nitrogens with zero attached hydrogens (tertiary/aromatic N) is 1. The molecular formula is C11H13BrN2O2. The second kappa shape index (κ2) is 4.84. The van der Waals surface area contributed by atoms with Crippen molar-refractivity contribution in [3.8, 4) is 0 Å². The summed E-state index contributed by atoms with van der Waals surface area (Å²) >= 11 is 3.41. The largest absolute Gasteiger partial charge is 0.383 e. The van der Waals surface area contributed by atoms with Gasteiger partial charge in [-0.15, -0.1) is 0 Å². The molecule has 1 aromatic rings. The van der Waals surface area contributed by atoms with Crippen molar-refractivity contribution in [1.82, 2.24) is 0 Å². The Hall–Kier alpha value is -1.07. The first-order valence-electron chi connectivity index (χ1n) is 5.05. The number of methoxy groups -OCH3 is 1. The number of fused-ring (bicyclic) bond motifs is 1. The number of nitrogens with one attached hydrogen (secondary N) is 1. The molecule has 16 heavy (non-hydrogen) atoms. The average molecular weight is 285 g/mol. The van der Waals surface area contributed by atoms with E-state index in [1.165, 1.54) is 0 Å². The number of amides is 1. The number of anilines is 2. The summed E-state index contributed by atoms with van der Waals surface area (Å²) in [4.78, 5) is 13.5. The SMILES string of the molecule is COCCN1C(=O)CNc2cc(Br)ccc21. The summed E-state index contributed by atoms with van der Waals surface area (Å²) in [6, 6.07) is 5.83. The van der Waals surface area contributed by atoms with Gasteiger partial charge in [0.1, 0.15) is 0 Å². The standard InChI is InChI=1S/C11H13BrN2O2/c1-16-5-4-14-10-3-2-8(12)6-9(10)13-7-11(14)15/h2-3,6,13H,4-5,7H2,1H3. The van der Waals surface area contributed by atoms with Crippen LogP contribution in [0.5, 0.6) is 0 Å². The Labute approximate surface area is 103 Å². The van der Waals surface area contributed by atoms with Gasteiger partial charge in [0, 0.05) is 18.1 Å². The van der Waals surface area contributed by atoms with Gasteiger partial charge in [-0.3, -0.25) is 4.79 Å². The van der Waals surface area contributed by atoms with Gasteiger partial charge in [0.25, 0.3) is 0 Å². The smallest absolute Gasteiger partial charge is 0.246 e. The molecule has 0 aliphatic carbocycles. The third-order valence-corrected chi connectivity index (χ3v) is 2.99. The lowest BCUT2D eigenvalue weighted by Crippen LogP contribution is -2.41. The zero-order chi connectivity index (χ0) is 11.5. The van der Waals surface area contributed by atoms with Crippen molar-refractivity contribution < 1.29 is 9.53 Å². The van der Waals surface area contributed by atoms with Crippen LogP contribution in [0.15, 0.2) is 22.7 Å². The average Bonchev–Trinajstić information content (AvgIpc) is 2.28. The van der Waals surface area contributed by atoms with Gasteiger partial charge in [0.15, 0.2) is 0 Å². The van der Waals surface area contributed by atoms with Crippen molar-refractivity contribution in [2.24, 2.45) is 0 Å². The summed E-state index contributed by atoms with van der Waals surface area (Å²) < 4.78 is 6.01. The molecule has 4 nitrogen and oxygen atoms in total. The topological polar surface area (TPSA) is 41.6 Å². The predicted molar refractivity (Wildman–Crippen MR) is 66.9 cm³/mol. The van der Waals surface area contributed by atoms with Gasteiger partial charge in [-0.2, -0.15) is 0 Å². The lowest BCUT2D eigenvalue weighted by atomic mass is 10.2. The van der Waals surface area contributed by atoms with Crippen LogP contribution in [0.2, 0.25) is 0 Å². The second-order valence-corrected chi connectivity index (χ2v) is 4.47. The van der Waals surface area contributed by atoms with Crippen LogP contribution in [0.25, 0.3) is 0 Å². The molecule has 1 N–H and O–H groups in total. The highest BCUT2D eigenvalue weighted by Gasteiger charge is 2.23. The molecule has 0 unspecified atom stereocenters. The number of carbonyl (C=O) groups excluding carboxylic acids is 1. The fraction of sp³-hybridized carbons (Fsp3) is 0.364. The minimum absolute atomic E-state index is 0.0758. The Balaban J connectivity index is 2.29. The summed E-state index contributed by atoms with van der Waals surface area (Å²) in [5, 5.41) is 3.10. The maximum Gasteiger partial charge on any atom is 0.246 e.